The van der Waals surface area contributed by atoms with Gasteiger partial charge in [0.2, 0.25) is 0 Å². The zero-order chi connectivity index (χ0) is 13.2. The zero-order valence-electron chi connectivity index (χ0n) is 11.4. The summed E-state index contributed by atoms with van der Waals surface area (Å²) in [6.07, 6.45) is 0. The molecule has 0 saturated heterocycles. The molecule has 0 radical (unpaired) electrons. The highest BCUT2D eigenvalue weighted by atomic mass is 35.5. The van der Waals surface area contributed by atoms with Gasteiger partial charge in [-0.1, -0.05) is 38.4 Å². The van der Waals surface area contributed by atoms with Gasteiger partial charge in [0, 0.05) is 23.3 Å². The molecule has 1 unspecified atom stereocenters. The molecule has 96 valence electrons. The predicted molar refractivity (Wildman–Crippen MR) is 76.2 cm³/mol. The lowest BCUT2D eigenvalue weighted by atomic mass is 9.87. The summed E-state index contributed by atoms with van der Waals surface area (Å²) in [6.45, 7) is 9.83. The molecule has 1 aromatic rings. The summed E-state index contributed by atoms with van der Waals surface area (Å²) < 4.78 is 0. The van der Waals surface area contributed by atoms with Crippen molar-refractivity contribution in [2.24, 2.45) is 5.41 Å². The third-order valence-corrected chi connectivity index (χ3v) is 3.76. The van der Waals surface area contributed by atoms with Gasteiger partial charge in [-0.2, -0.15) is 0 Å². The van der Waals surface area contributed by atoms with Crippen LogP contribution in [0.1, 0.15) is 33.3 Å². The Balaban J connectivity index is 2.78. The van der Waals surface area contributed by atoms with E-state index in [4.69, 9.17) is 17.3 Å². The third-order valence-electron chi connectivity index (χ3n) is 3.41. The first-order valence-corrected chi connectivity index (χ1v) is 6.33. The van der Waals surface area contributed by atoms with Crippen LogP contribution in [0.2, 0.25) is 5.02 Å². The van der Waals surface area contributed by atoms with Crippen molar-refractivity contribution in [1.82, 2.24) is 4.90 Å². The number of rotatable bonds is 3. The van der Waals surface area contributed by atoms with Crippen molar-refractivity contribution in [2.45, 2.75) is 40.3 Å². The van der Waals surface area contributed by atoms with Gasteiger partial charge in [-0.3, -0.25) is 4.90 Å². The van der Waals surface area contributed by atoms with E-state index in [1.54, 1.807) is 0 Å². The van der Waals surface area contributed by atoms with Gasteiger partial charge in [0.05, 0.1) is 0 Å². The second kappa shape index (κ2) is 5.28. The molecule has 0 fully saturated rings. The van der Waals surface area contributed by atoms with E-state index in [2.05, 4.69) is 39.6 Å². The van der Waals surface area contributed by atoms with Crippen LogP contribution in [0.4, 0.5) is 5.69 Å². The molecule has 1 atom stereocenters. The van der Waals surface area contributed by atoms with Crippen LogP contribution < -0.4 is 5.73 Å². The van der Waals surface area contributed by atoms with Gasteiger partial charge < -0.3 is 5.73 Å². The van der Waals surface area contributed by atoms with E-state index in [0.717, 1.165) is 17.1 Å². The van der Waals surface area contributed by atoms with E-state index in [1.165, 1.54) is 0 Å². The normalized spacial score (nSPS) is 14.1. The molecular formula is C14H23ClN2. The number of halogens is 1. The SMILES string of the molecule is CC(N(C)Cc1ccc(N)cc1Cl)C(C)(C)C. The van der Waals surface area contributed by atoms with Gasteiger partial charge >= 0.3 is 0 Å². The van der Waals surface area contributed by atoms with Crippen LogP contribution in [0.15, 0.2) is 18.2 Å². The Morgan fingerprint density at radius 1 is 1.35 bits per heavy atom. The van der Waals surface area contributed by atoms with Gasteiger partial charge in [-0.15, -0.1) is 0 Å². The minimum absolute atomic E-state index is 0.259. The molecule has 0 spiro atoms. The molecular weight excluding hydrogens is 232 g/mol. The molecule has 2 nitrogen and oxygen atoms in total. The fraction of sp³-hybridized carbons (Fsp3) is 0.571. The predicted octanol–water partition coefficient (Wildman–Crippen LogP) is 3.79. The van der Waals surface area contributed by atoms with Crippen molar-refractivity contribution in [3.63, 3.8) is 0 Å². The minimum Gasteiger partial charge on any atom is -0.399 e. The van der Waals surface area contributed by atoms with Crippen LogP contribution in [0.25, 0.3) is 0 Å². The van der Waals surface area contributed by atoms with Crippen LogP contribution in [0.3, 0.4) is 0 Å². The number of hydrogen-bond donors (Lipinski definition) is 1. The average molecular weight is 255 g/mol. The summed E-state index contributed by atoms with van der Waals surface area (Å²) in [5, 5.41) is 0.748. The lowest BCUT2D eigenvalue weighted by molar-refractivity contribution is 0.135. The van der Waals surface area contributed by atoms with E-state index in [0.29, 0.717) is 11.7 Å². The fourth-order valence-corrected chi connectivity index (χ4v) is 2.01. The van der Waals surface area contributed by atoms with E-state index in [1.807, 2.05) is 18.2 Å². The molecule has 2 N–H and O–H groups in total. The van der Waals surface area contributed by atoms with E-state index in [9.17, 15) is 0 Å². The fourth-order valence-electron chi connectivity index (χ4n) is 1.76. The van der Waals surface area contributed by atoms with Crippen LogP contribution in [-0.2, 0) is 6.54 Å². The lowest BCUT2D eigenvalue weighted by Crippen LogP contribution is -2.38. The van der Waals surface area contributed by atoms with Crippen LogP contribution in [0.5, 0.6) is 0 Å². The average Bonchev–Trinajstić information content (AvgIpc) is 2.19. The maximum Gasteiger partial charge on any atom is 0.0471 e. The first-order valence-electron chi connectivity index (χ1n) is 5.96. The Bertz CT molecular complexity index is 382. The number of benzene rings is 1. The number of nitrogens with two attached hydrogens (primary N) is 1. The number of nitrogen functional groups attached to an aromatic ring is 1. The van der Waals surface area contributed by atoms with Crippen LogP contribution in [0, 0.1) is 5.41 Å². The van der Waals surface area contributed by atoms with Crippen molar-refractivity contribution in [2.75, 3.05) is 12.8 Å². The topological polar surface area (TPSA) is 29.3 Å². The van der Waals surface area contributed by atoms with E-state index in [-0.39, 0.29) is 5.41 Å². The third kappa shape index (κ3) is 3.90. The molecule has 17 heavy (non-hydrogen) atoms. The van der Waals surface area contributed by atoms with Crippen LogP contribution >= 0.6 is 11.6 Å². The Morgan fingerprint density at radius 3 is 2.41 bits per heavy atom. The highest BCUT2D eigenvalue weighted by Crippen LogP contribution is 2.26. The van der Waals surface area contributed by atoms with Crippen molar-refractivity contribution in [3.8, 4) is 0 Å². The van der Waals surface area contributed by atoms with Gasteiger partial charge in [0.1, 0.15) is 0 Å². The summed E-state index contributed by atoms with van der Waals surface area (Å²) in [4.78, 5) is 2.32. The highest BCUT2D eigenvalue weighted by Gasteiger charge is 2.24. The molecule has 0 heterocycles. The van der Waals surface area contributed by atoms with Crippen molar-refractivity contribution in [1.29, 1.82) is 0 Å². The van der Waals surface area contributed by atoms with Gasteiger partial charge in [-0.25, -0.2) is 0 Å². The summed E-state index contributed by atoms with van der Waals surface area (Å²) >= 11 is 6.19. The first kappa shape index (κ1) is 14.3. The molecule has 0 aliphatic rings. The summed E-state index contributed by atoms with van der Waals surface area (Å²) in [6, 6.07) is 6.20. The molecule has 0 aliphatic carbocycles. The smallest absolute Gasteiger partial charge is 0.0471 e. The Hall–Kier alpha value is -0.730. The maximum absolute atomic E-state index is 6.19. The summed E-state index contributed by atoms with van der Waals surface area (Å²) in [7, 11) is 2.13. The molecule has 3 heteroatoms. The molecule has 1 rings (SSSR count). The number of anilines is 1. The standard InChI is InChI=1S/C14H23ClN2/c1-10(14(2,3)4)17(5)9-11-6-7-12(16)8-13(11)15/h6-8,10H,9,16H2,1-5H3. The highest BCUT2D eigenvalue weighted by molar-refractivity contribution is 6.31. The molecule has 0 aromatic heterocycles. The molecule has 0 saturated carbocycles. The molecule has 0 aliphatic heterocycles. The number of nitrogens with zero attached hydrogens (tertiary/aromatic N) is 1. The monoisotopic (exact) mass is 254 g/mol. The van der Waals surface area contributed by atoms with Crippen molar-refractivity contribution in [3.05, 3.63) is 28.8 Å². The van der Waals surface area contributed by atoms with Crippen LogP contribution in [-0.4, -0.2) is 18.0 Å². The van der Waals surface area contributed by atoms with Gasteiger partial charge in [0.25, 0.3) is 0 Å². The summed E-state index contributed by atoms with van der Waals surface area (Å²) in [5.41, 5.74) is 7.79. The quantitative estimate of drug-likeness (QED) is 0.832. The van der Waals surface area contributed by atoms with Crippen molar-refractivity contribution < 1.29 is 0 Å². The van der Waals surface area contributed by atoms with Gasteiger partial charge in [0.15, 0.2) is 0 Å². The first-order chi connectivity index (χ1) is 7.71. The second-order valence-electron chi connectivity index (χ2n) is 5.81. The van der Waals surface area contributed by atoms with Crippen molar-refractivity contribution >= 4 is 17.3 Å². The van der Waals surface area contributed by atoms with Gasteiger partial charge in [-0.05, 0) is 37.1 Å². The number of hydrogen-bond acceptors (Lipinski definition) is 2. The molecule has 0 bridgehead atoms. The molecule has 1 aromatic carbocycles. The lowest BCUT2D eigenvalue weighted by Gasteiger charge is -2.35. The van der Waals surface area contributed by atoms with E-state index >= 15 is 0 Å². The van der Waals surface area contributed by atoms with E-state index < -0.39 is 0 Å². The Kier molecular flexibility index (Phi) is 4.45. The largest absolute Gasteiger partial charge is 0.399 e. The second-order valence-corrected chi connectivity index (χ2v) is 6.22. The zero-order valence-corrected chi connectivity index (χ0v) is 12.2. The maximum atomic E-state index is 6.19. The Morgan fingerprint density at radius 2 is 1.94 bits per heavy atom. The Labute approximate surface area is 110 Å². The minimum atomic E-state index is 0.259. The summed E-state index contributed by atoms with van der Waals surface area (Å²) in [5.74, 6) is 0. The molecule has 0 amide bonds.